The lowest BCUT2D eigenvalue weighted by atomic mass is 10.2. The molecule has 0 spiro atoms. The summed E-state index contributed by atoms with van der Waals surface area (Å²) in [5.41, 5.74) is 0.918. The molecule has 60 valence electrons. The zero-order valence-electron chi connectivity index (χ0n) is 6.07. The zero-order chi connectivity index (χ0) is 8.39. The monoisotopic (exact) mass is 224 g/mol. The SMILES string of the molecule is Brc1cncc(-c2cnco2)c1. The highest BCUT2D eigenvalue weighted by atomic mass is 79.9. The molecule has 0 saturated carbocycles. The van der Waals surface area contributed by atoms with Gasteiger partial charge in [0.15, 0.2) is 12.2 Å². The van der Waals surface area contributed by atoms with Crippen molar-refractivity contribution in [2.45, 2.75) is 0 Å². The minimum absolute atomic E-state index is 0.726. The van der Waals surface area contributed by atoms with Gasteiger partial charge in [-0.25, -0.2) is 4.98 Å². The Balaban J connectivity index is 2.48. The molecule has 2 aromatic rings. The van der Waals surface area contributed by atoms with Gasteiger partial charge in [-0.15, -0.1) is 0 Å². The van der Waals surface area contributed by atoms with Crippen molar-refractivity contribution in [2.75, 3.05) is 0 Å². The van der Waals surface area contributed by atoms with Crippen LogP contribution in [0, 0.1) is 0 Å². The fraction of sp³-hybridized carbons (Fsp3) is 0. The number of hydrogen-bond acceptors (Lipinski definition) is 3. The Kier molecular flexibility index (Phi) is 1.91. The first-order valence-electron chi connectivity index (χ1n) is 3.35. The third kappa shape index (κ3) is 1.38. The van der Waals surface area contributed by atoms with Crippen LogP contribution in [0.4, 0.5) is 0 Å². The topological polar surface area (TPSA) is 38.9 Å². The highest BCUT2D eigenvalue weighted by Gasteiger charge is 2.00. The Hall–Kier alpha value is -1.16. The number of halogens is 1. The highest BCUT2D eigenvalue weighted by molar-refractivity contribution is 9.10. The van der Waals surface area contributed by atoms with Crippen molar-refractivity contribution in [1.29, 1.82) is 0 Å². The van der Waals surface area contributed by atoms with Crippen molar-refractivity contribution in [2.24, 2.45) is 0 Å². The molecule has 0 fully saturated rings. The number of oxazole rings is 1. The van der Waals surface area contributed by atoms with Crippen molar-refractivity contribution in [3.63, 3.8) is 0 Å². The largest absolute Gasteiger partial charge is 0.443 e. The summed E-state index contributed by atoms with van der Waals surface area (Å²) < 4.78 is 6.03. The van der Waals surface area contributed by atoms with Crippen molar-refractivity contribution in [3.05, 3.63) is 35.5 Å². The minimum Gasteiger partial charge on any atom is -0.443 e. The lowest BCUT2D eigenvalue weighted by Crippen LogP contribution is -1.76. The molecule has 0 aliphatic heterocycles. The molecule has 0 aliphatic rings. The fourth-order valence-corrected chi connectivity index (χ4v) is 1.27. The van der Waals surface area contributed by atoms with Crippen LogP contribution >= 0.6 is 15.9 Å². The second-order valence-corrected chi connectivity index (χ2v) is 3.17. The van der Waals surface area contributed by atoms with Crippen molar-refractivity contribution in [3.8, 4) is 11.3 Å². The quantitative estimate of drug-likeness (QED) is 0.748. The van der Waals surface area contributed by atoms with Gasteiger partial charge in [0.25, 0.3) is 0 Å². The van der Waals surface area contributed by atoms with Gasteiger partial charge in [0.2, 0.25) is 0 Å². The van der Waals surface area contributed by atoms with Gasteiger partial charge in [0.1, 0.15) is 0 Å². The summed E-state index contributed by atoms with van der Waals surface area (Å²) in [7, 11) is 0. The van der Waals surface area contributed by atoms with E-state index < -0.39 is 0 Å². The van der Waals surface area contributed by atoms with Crippen LogP contribution in [-0.4, -0.2) is 9.97 Å². The van der Waals surface area contributed by atoms with Gasteiger partial charge in [-0.2, -0.15) is 0 Å². The molecular weight excluding hydrogens is 220 g/mol. The Morgan fingerprint density at radius 3 is 2.75 bits per heavy atom. The smallest absolute Gasteiger partial charge is 0.181 e. The van der Waals surface area contributed by atoms with Crippen LogP contribution in [0.5, 0.6) is 0 Å². The maximum absolute atomic E-state index is 5.10. The fourth-order valence-electron chi connectivity index (χ4n) is 0.905. The van der Waals surface area contributed by atoms with E-state index in [4.69, 9.17) is 4.42 Å². The van der Waals surface area contributed by atoms with Crippen molar-refractivity contribution < 1.29 is 4.42 Å². The Morgan fingerprint density at radius 1 is 1.17 bits per heavy atom. The standard InChI is InChI=1S/C8H5BrN2O/c9-7-1-6(2-10-3-7)8-4-11-5-12-8/h1-5H. The summed E-state index contributed by atoms with van der Waals surface area (Å²) in [4.78, 5) is 7.82. The Bertz CT molecular complexity index is 372. The maximum Gasteiger partial charge on any atom is 0.181 e. The molecule has 2 aromatic heterocycles. The minimum atomic E-state index is 0.726. The van der Waals surface area contributed by atoms with Crippen molar-refractivity contribution in [1.82, 2.24) is 9.97 Å². The lowest BCUT2D eigenvalue weighted by molar-refractivity contribution is 0.571. The number of hydrogen-bond donors (Lipinski definition) is 0. The Labute approximate surface area is 77.6 Å². The van der Waals surface area contributed by atoms with Gasteiger partial charge in [0, 0.05) is 22.4 Å². The zero-order valence-corrected chi connectivity index (χ0v) is 7.65. The van der Waals surface area contributed by atoms with E-state index in [1.54, 1.807) is 18.6 Å². The van der Waals surface area contributed by atoms with Crippen LogP contribution in [0.25, 0.3) is 11.3 Å². The molecule has 0 amide bonds. The van der Waals surface area contributed by atoms with E-state index in [2.05, 4.69) is 25.9 Å². The van der Waals surface area contributed by atoms with Crippen LogP contribution < -0.4 is 0 Å². The van der Waals surface area contributed by atoms with E-state index in [-0.39, 0.29) is 0 Å². The summed E-state index contributed by atoms with van der Waals surface area (Å²) in [5, 5.41) is 0. The molecule has 4 heteroatoms. The number of pyridine rings is 1. The van der Waals surface area contributed by atoms with E-state index >= 15 is 0 Å². The van der Waals surface area contributed by atoms with Crippen LogP contribution in [0.2, 0.25) is 0 Å². The third-order valence-corrected chi connectivity index (χ3v) is 1.86. The van der Waals surface area contributed by atoms with Gasteiger partial charge >= 0.3 is 0 Å². The highest BCUT2D eigenvalue weighted by Crippen LogP contribution is 2.20. The van der Waals surface area contributed by atoms with Gasteiger partial charge in [-0.3, -0.25) is 4.98 Å². The molecular formula is C8H5BrN2O. The lowest BCUT2D eigenvalue weighted by Gasteiger charge is -1.94. The van der Waals surface area contributed by atoms with E-state index in [0.717, 1.165) is 15.8 Å². The average Bonchev–Trinajstić information content (AvgIpc) is 2.56. The van der Waals surface area contributed by atoms with E-state index in [0.29, 0.717) is 0 Å². The molecule has 2 heterocycles. The maximum atomic E-state index is 5.10. The second kappa shape index (κ2) is 3.06. The van der Waals surface area contributed by atoms with Crippen LogP contribution in [0.1, 0.15) is 0 Å². The normalized spacial score (nSPS) is 10.1. The van der Waals surface area contributed by atoms with Crippen molar-refractivity contribution >= 4 is 15.9 Å². The van der Waals surface area contributed by atoms with Crippen LogP contribution in [0.15, 0.2) is 39.9 Å². The molecule has 0 aromatic carbocycles. The number of rotatable bonds is 1. The summed E-state index contributed by atoms with van der Waals surface area (Å²) >= 11 is 3.32. The molecule has 0 saturated heterocycles. The van der Waals surface area contributed by atoms with Crippen LogP contribution in [0.3, 0.4) is 0 Å². The predicted octanol–water partition coefficient (Wildman–Crippen LogP) is 2.50. The Morgan fingerprint density at radius 2 is 2.08 bits per heavy atom. The van der Waals surface area contributed by atoms with Crippen LogP contribution in [-0.2, 0) is 0 Å². The second-order valence-electron chi connectivity index (χ2n) is 2.26. The molecule has 0 bridgehead atoms. The summed E-state index contributed by atoms with van der Waals surface area (Å²) in [6, 6.07) is 1.92. The summed E-state index contributed by atoms with van der Waals surface area (Å²) in [5.74, 6) is 0.726. The molecule has 3 nitrogen and oxygen atoms in total. The number of nitrogens with zero attached hydrogens (tertiary/aromatic N) is 2. The average molecular weight is 225 g/mol. The first kappa shape index (κ1) is 7.49. The van der Waals surface area contributed by atoms with E-state index in [1.807, 2.05) is 6.07 Å². The summed E-state index contributed by atoms with van der Waals surface area (Å²) in [6.45, 7) is 0. The third-order valence-electron chi connectivity index (χ3n) is 1.42. The predicted molar refractivity (Wildman–Crippen MR) is 47.4 cm³/mol. The number of aromatic nitrogens is 2. The molecule has 0 N–H and O–H groups in total. The molecule has 2 rings (SSSR count). The molecule has 12 heavy (non-hydrogen) atoms. The molecule has 0 aliphatic carbocycles. The van der Waals surface area contributed by atoms with Gasteiger partial charge < -0.3 is 4.42 Å². The molecule has 0 atom stereocenters. The molecule has 0 unspecified atom stereocenters. The van der Waals surface area contributed by atoms with E-state index in [1.165, 1.54) is 6.39 Å². The first-order chi connectivity index (χ1) is 5.86. The van der Waals surface area contributed by atoms with Gasteiger partial charge in [0.05, 0.1) is 6.20 Å². The van der Waals surface area contributed by atoms with Gasteiger partial charge in [-0.1, -0.05) is 0 Å². The first-order valence-corrected chi connectivity index (χ1v) is 4.15. The van der Waals surface area contributed by atoms with Gasteiger partial charge in [-0.05, 0) is 22.0 Å². The van der Waals surface area contributed by atoms with E-state index in [9.17, 15) is 0 Å². The summed E-state index contributed by atoms with van der Waals surface area (Å²) in [6.07, 6.45) is 6.50. The molecule has 0 radical (unpaired) electrons.